The summed E-state index contributed by atoms with van der Waals surface area (Å²) in [5.74, 6) is -0.0938. The highest BCUT2D eigenvalue weighted by molar-refractivity contribution is 7.22. The number of anilines is 5. The van der Waals surface area contributed by atoms with Crippen molar-refractivity contribution < 1.29 is 52.6 Å². The minimum atomic E-state index is -1.10. The molecule has 97 heavy (non-hydrogen) atoms. The first-order valence-corrected chi connectivity index (χ1v) is 35.1. The van der Waals surface area contributed by atoms with Gasteiger partial charge < -0.3 is 56.3 Å². The zero-order valence-electron chi connectivity index (χ0n) is 56.1. The van der Waals surface area contributed by atoms with Crippen LogP contribution in [0.5, 0.6) is 0 Å². The summed E-state index contributed by atoms with van der Waals surface area (Å²) in [6, 6.07) is 16.9. The number of quaternary nitrogens is 1. The number of para-hydroxylation sites is 1. The molecule has 6 aromatic rings. The Hall–Kier alpha value is -8.72. The fraction of sp³-hybridized carbons (Fsp3) is 0.521. The molecule has 4 bridgehead atoms. The third-order valence-electron chi connectivity index (χ3n) is 20.8. The molecule has 2 aromatic carbocycles. The Morgan fingerprint density at radius 1 is 0.876 bits per heavy atom. The van der Waals surface area contributed by atoms with Gasteiger partial charge in [0.2, 0.25) is 17.7 Å². The number of amides is 7. The molecule has 4 aliphatic carbocycles. The molecule has 3 aliphatic heterocycles. The Labute approximate surface area is 568 Å². The van der Waals surface area contributed by atoms with Crippen LogP contribution < -0.4 is 37.2 Å². The number of nitrogens with two attached hydrogens (primary N) is 1. The summed E-state index contributed by atoms with van der Waals surface area (Å²) in [6.45, 7) is 13.0. The maximum atomic E-state index is 13.9. The quantitative estimate of drug-likeness (QED) is 0.0131. The fourth-order valence-electron chi connectivity index (χ4n) is 16.2. The van der Waals surface area contributed by atoms with E-state index in [1.54, 1.807) is 25.2 Å². The number of pyridine rings is 1. The van der Waals surface area contributed by atoms with E-state index >= 15 is 0 Å². The van der Waals surface area contributed by atoms with Crippen molar-refractivity contribution in [2.75, 3.05) is 75.1 Å². The number of carbonyl (C=O) groups excluding carboxylic acids is 6. The van der Waals surface area contributed by atoms with E-state index in [1.807, 2.05) is 85.6 Å². The minimum absolute atomic E-state index is 0.000767. The van der Waals surface area contributed by atoms with Crippen molar-refractivity contribution in [3.63, 3.8) is 0 Å². The molecule has 6 atom stereocenters. The lowest BCUT2D eigenvalue weighted by Crippen LogP contribution is -2.58. The predicted molar refractivity (Wildman–Crippen MR) is 367 cm³/mol. The van der Waals surface area contributed by atoms with Gasteiger partial charge in [0.15, 0.2) is 22.5 Å². The number of nitrogens with zero attached hydrogens (tertiary/aromatic N) is 9. The molecule has 25 nitrogen and oxygen atoms in total. The van der Waals surface area contributed by atoms with E-state index in [0.717, 1.165) is 150 Å². The number of imide groups is 1. The zero-order valence-corrected chi connectivity index (χ0v) is 56.9. The van der Waals surface area contributed by atoms with Gasteiger partial charge in [0.25, 0.3) is 11.8 Å². The van der Waals surface area contributed by atoms with Gasteiger partial charge in [-0.15, -0.1) is 10.2 Å². The summed E-state index contributed by atoms with van der Waals surface area (Å²) in [5.41, 5.74) is 12.0. The van der Waals surface area contributed by atoms with Crippen molar-refractivity contribution in [1.82, 2.24) is 50.8 Å². The second-order valence-corrected chi connectivity index (χ2v) is 29.5. The first kappa shape index (κ1) is 68.2. The highest BCUT2D eigenvalue weighted by Gasteiger charge is 2.58. The number of piperidine rings is 1. The van der Waals surface area contributed by atoms with E-state index in [9.17, 15) is 38.7 Å². The van der Waals surface area contributed by atoms with Crippen LogP contribution in [0.25, 0.3) is 21.3 Å². The standard InChI is InChI=1S/C71H89N15O10S/c1-43(2)61(79-58(87)25-31-95-33-28-84-59(88)20-21-60(84)89)66(91)76-55(12-8-26-73-68(72)94)65(90)75-50-16-14-47(15-17-50)40-86(5)29-22-46(23-30-86)24-32-96-71-37-48-34-49(38-71)36-70(35-48,41-71)42-85-45(4)53(39-74-85)52-18-19-57(78-62(52)67(92)93)83-27-9-10-51-44(3)63(81-82-64(51)83)80-69-77-54-11-6-7-13-56(54)97-69/h6-7,11,13-21,39,43,46,48-49,55,61H,8-10,12,22-38,40-42H2,1-5H3,(H7-,72,73,75,76,77,79,80,81,87,90,91,92,93,94)/p+1/t46?,48-,49+,55-,61-,70?,71?,86?/m0/s1. The normalized spacial score (nSPS) is 23.2. The maximum Gasteiger partial charge on any atom is 0.355 e. The minimum Gasteiger partial charge on any atom is -0.476 e. The van der Waals surface area contributed by atoms with Crippen LogP contribution in [0.1, 0.15) is 130 Å². The number of rotatable bonds is 29. The van der Waals surface area contributed by atoms with Crippen LogP contribution in [0.15, 0.2) is 79.0 Å². The van der Waals surface area contributed by atoms with Crippen LogP contribution >= 0.6 is 11.3 Å². The van der Waals surface area contributed by atoms with Gasteiger partial charge in [-0.3, -0.25) is 33.6 Å². The fourth-order valence-corrected chi connectivity index (χ4v) is 17.1. The maximum absolute atomic E-state index is 13.9. The van der Waals surface area contributed by atoms with Gasteiger partial charge in [-0.1, -0.05) is 49.4 Å². The van der Waals surface area contributed by atoms with Crippen molar-refractivity contribution in [3.8, 4) is 11.1 Å². The number of likely N-dealkylation sites (tertiary alicyclic amines) is 1. The smallest absolute Gasteiger partial charge is 0.355 e. The Morgan fingerprint density at radius 3 is 2.35 bits per heavy atom. The van der Waals surface area contributed by atoms with Crippen LogP contribution in [0.2, 0.25) is 0 Å². The SMILES string of the molecule is Cc1c(Nc2nc3ccccc3s2)nnc2c1CCCN2c1ccc(-c2cnn(CC34C[C@H]5C[C@@H](C3)CC(OCCC3CC[N+](C)(Cc6ccc(NC(=O)[C@H](CCCNC(N)=O)NC(=O)[C@@H](NC(=O)CCOCCN7C(=O)C=CC7=O)C(C)C)cc6)CC3)(C5)C4)c2C)c(C(=O)O)n1. The average molecular weight is 1350 g/mol. The molecular formula is C71H90N15O10S+. The summed E-state index contributed by atoms with van der Waals surface area (Å²) >= 11 is 1.56. The third kappa shape index (κ3) is 15.8. The van der Waals surface area contributed by atoms with Crippen molar-refractivity contribution in [1.29, 1.82) is 0 Å². The van der Waals surface area contributed by atoms with Gasteiger partial charge in [0.1, 0.15) is 24.4 Å². The molecular weight excluding hydrogens is 1250 g/mol. The van der Waals surface area contributed by atoms with Gasteiger partial charge in [0.05, 0.1) is 61.9 Å². The highest BCUT2D eigenvalue weighted by Crippen LogP contribution is 2.63. The Bertz CT molecular complexity index is 3910. The number of benzene rings is 2. The number of ether oxygens (including phenoxy) is 2. The van der Waals surface area contributed by atoms with E-state index in [0.29, 0.717) is 59.4 Å². The van der Waals surface area contributed by atoms with Crippen molar-refractivity contribution in [2.45, 2.75) is 148 Å². The monoisotopic (exact) mass is 1340 g/mol. The van der Waals surface area contributed by atoms with E-state index < -0.39 is 53.6 Å². The Balaban J connectivity index is 0.611. The molecule has 7 heterocycles. The number of nitrogens with one attached hydrogen (secondary N) is 5. The lowest BCUT2D eigenvalue weighted by atomic mass is 9.48. The van der Waals surface area contributed by atoms with Gasteiger partial charge in [0, 0.05) is 84.0 Å². The number of urea groups is 1. The van der Waals surface area contributed by atoms with Gasteiger partial charge in [-0.05, 0) is 163 Å². The van der Waals surface area contributed by atoms with Crippen molar-refractivity contribution in [3.05, 3.63) is 107 Å². The largest absolute Gasteiger partial charge is 0.476 e. The van der Waals surface area contributed by atoms with Crippen LogP contribution in [-0.4, -0.2) is 163 Å². The number of carboxylic acids is 1. The molecule has 0 radical (unpaired) electrons. The Morgan fingerprint density at radius 2 is 1.63 bits per heavy atom. The van der Waals surface area contributed by atoms with Crippen molar-refractivity contribution >= 4 is 91.4 Å². The molecule has 0 spiro atoms. The molecule has 7 amide bonds. The second kappa shape index (κ2) is 29.2. The second-order valence-electron chi connectivity index (χ2n) is 28.5. The zero-order chi connectivity index (χ0) is 68.2. The molecule has 8 N–H and O–H groups in total. The number of carboxylic acid groups (broad SMARTS) is 1. The first-order valence-electron chi connectivity index (χ1n) is 34.3. The van der Waals surface area contributed by atoms with Gasteiger partial charge >= 0.3 is 12.0 Å². The average Bonchev–Trinajstić information content (AvgIpc) is 1.31. The van der Waals surface area contributed by atoms with Gasteiger partial charge in [-0.25, -0.2) is 19.6 Å². The van der Waals surface area contributed by atoms with Crippen LogP contribution in [0.4, 0.5) is 33.1 Å². The van der Waals surface area contributed by atoms with E-state index in [1.165, 1.54) is 18.6 Å². The molecule has 5 fully saturated rings. The lowest BCUT2D eigenvalue weighted by molar-refractivity contribution is -0.928. The summed E-state index contributed by atoms with van der Waals surface area (Å²) < 4.78 is 16.8. The number of hydrogen-bond donors (Lipinski definition) is 7. The van der Waals surface area contributed by atoms with Crippen LogP contribution in [-0.2, 0) is 53.0 Å². The van der Waals surface area contributed by atoms with Crippen LogP contribution in [0, 0.1) is 42.9 Å². The molecule has 2 unspecified atom stereocenters. The highest BCUT2D eigenvalue weighted by atomic mass is 32.1. The van der Waals surface area contributed by atoms with E-state index in [-0.39, 0.29) is 61.8 Å². The lowest BCUT2D eigenvalue weighted by Gasteiger charge is -2.61. The van der Waals surface area contributed by atoms with Crippen LogP contribution in [0.3, 0.4) is 0 Å². The number of carbonyl (C=O) groups is 7. The van der Waals surface area contributed by atoms with E-state index in [4.69, 9.17) is 35.4 Å². The summed E-state index contributed by atoms with van der Waals surface area (Å²) in [4.78, 5) is 101. The molecule has 13 rings (SSSR count). The Kier molecular flexibility index (Phi) is 20.5. The number of thiazole rings is 1. The third-order valence-corrected chi connectivity index (χ3v) is 21.8. The predicted octanol–water partition coefficient (Wildman–Crippen LogP) is 8.63. The summed E-state index contributed by atoms with van der Waals surface area (Å²) in [5, 5.41) is 40.2. The molecule has 514 valence electrons. The number of aromatic carboxylic acids is 1. The molecule has 4 aromatic heterocycles. The number of fused-ring (bicyclic) bond motifs is 2. The van der Waals surface area contributed by atoms with Crippen molar-refractivity contribution in [2.24, 2.45) is 34.8 Å². The molecule has 7 aliphatic rings. The molecule has 4 saturated carbocycles. The van der Waals surface area contributed by atoms with E-state index in [2.05, 4.69) is 43.4 Å². The number of hydrogen-bond acceptors (Lipinski definition) is 17. The number of aromatic nitrogens is 6. The molecule has 26 heteroatoms. The first-order chi connectivity index (χ1) is 46.6. The topological polar surface area (TPSA) is 320 Å². The summed E-state index contributed by atoms with van der Waals surface area (Å²) in [6.07, 6.45) is 16.3. The number of primary amides is 1. The molecule has 1 saturated heterocycles. The van der Waals surface area contributed by atoms with Gasteiger partial charge in [-0.2, -0.15) is 5.10 Å². The summed E-state index contributed by atoms with van der Waals surface area (Å²) in [7, 11) is 2.31.